The van der Waals surface area contributed by atoms with E-state index in [9.17, 15) is 14.4 Å². The second-order valence-corrected chi connectivity index (χ2v) is 6.79. The van der Waals surface area contributed by atoms with Gasteiger partial charge in [0.15, 0.2) is 0 Å². The van der Waals surface area contributed by atoms with Gasteiger partial charge in [-0.2, -0.15) is 0 Å². The van der Waals surface area contributed by atoms with E-state index in [0.717, 1.165) is 4.90 Å². The van der Waals surface area contributed by atoms with Crippen molar-refractivity contribution in [2.24, 2.45) is 0 Å². The molecule has 2 aromatic carbocycles. The van der Waals surface area contributed by atoms with Crippen LogP contribution >= 0.6 is 34.8 Å². The Balaban J connectivity index is 1.85. The van der Waals surface area contributed by atoms with E-state index in [1.165, 1.54) is 24.3 Å². The Morgan fingerprint density at radius 1 is 1.04 bits per heavy atom. The first-order chi connectivity index (χ1) is 13.3. The molecule has 0 fully saturated rings. The van der Waals surface area contributed by atoms with Crippen molar-refractivity contribution in [3.63, 3.8) is 0 Å². The maximum atomic E-state index is 12.8. The summed E-state index contributed by atoms with van der Waals surface area (Å²) in [7, 11) is 0. The molecule has 0 aliphatic carbocycles. The molecule has 144 valence electrons. The highest BCUT2D eigenvalue weighted by Crippen LogP contribution is 2.37. The summed E-state index contributed by atoms with van der Waals surface area (Å²) in [5.41, 5.74) is 0.846. The quantitative estimate of drug-likeness (QED) is 0.544. The molecule has 6 nitrogen and oxygen atoms in total. The van der Waals surface area contributed by atoms with Crippen LogP contribution in [0.5, 0.6) is 0 Å². The summed E-state index contributed by atoms with van der Waals surface area (Å²) in [6, 6.07) is 10.8. The van der Waals surface area contributed by atoms with Crippen LogP contribution in [0.4, 0.5) is 11.4 Å². The van der Waals surface area contributed by atoms with Crippen molar-refractivity contribution >= 4 is 64.0 Å². The van der Waals surface area contributed by atoms with Crippen LogP contribution in [-0.2, 0) is 14.3 Å². The lowest BCUT2D eigenvalue weighted by Gasteiger charge is -2.17. The smallest absolute Gasteiger partial charge is 0.338 e. The van der Waals surface area contributed by atoms with E-state index in [1.807, 2.05) is 0 Å². The Bertz CT molecular complexity index is 1000. The second-order valence-electron chi connectivity index (χ2n) is 5.63. The number of imide groups is 1. The number of ether oxygens (including phenoxy) is 1. The minimum atomic E-state index is -0.721. The van der Waals surface area contributed by atoms with Gasteiger partial charge in [-0.1, -0.05) is 40.9 Å². The fourth-order valence-corrected chi connectivity index (χ4v) is 3.14. The van der Waals surface area contributed by atoms with Crippen molar-refractivity contribution in [2.45, 2.75) is 6.92 Å². The summed E-state index contributed by atoms with van der Waals surface area (Å²) in [5, 5.41) is 2.79. The van der Waals surface area contributed by atoms with Gasteiger partial charge in [-0.25, -0.2) is 9.69 Å². The first kappa shape index (κ1) is 20.2. The van der Waals surface area contributed by atoms with E-state index in [2.05, 4.69) is 5.32 Å². The lowest BCUT2D eigenvalue weighted by Crippen LogP contribution is -2.32. The van der Waals surface area contributed by atoms with Gasteiger partial charge in [-0.05, 0) is 43.3 Å². The van der Waals surface area contributed by atoms with Crippen LogP contribution < -0.4 is 10.2 Å². The van der Waals surface area contributed by atoms with Crippen molar-refractivity contribution in [2.75, 3.05) is 16.8 Å². The maximum absolute atomic E-state index is 12.8. The summed E-state index contributed by atoms with van der Waals surface area (Å²) in [6.45, 7) is 1.97. The fourth-order valence-electron chi connectivity index (χ4n) is 2.54. The zero-order valence-corrected chi connectivity index (χ0v) is 16.7. The Hall–Kier alpha value is -2.54. The average Bonchev–Trinajstić information content (AvgIpc) is 2.88. The third kappa shape index (κ3) is 3.71. The van der Waals surface area contributed by atoms with Gasteiger partial charge in [0.2, 0.25) is 0 Å². The molecule has 1 heterocycles. The summed E-state index contributed by atoms with van der Waals surface area (Å²) in [4.78, 5) is 37.8. The largest absolute Gasteiger partial charge is 0.462 e. The number of esters is 1. The van der Waals surface area contributed by atoms with Crippen LogP contribution in [0.3, 0.4) is 0 Å². The normalized spacial score (nSPS) is 13.9. The van der Waals surface area contributed by atoms with Crippen LogP contribution in [0, 0.1) is 0 Å². The summed E-state index contributed by atoms with van der Waals surface area (Å²) < 4.78 is 4.91. The fraction of sp³-hybridized carbons (Fsp3) is 0.105. The van der Waals surface area contributed by atoms with Crippen molar-refractivity contribution in [1.29, 1.82) is 0 Å². The van der Waals surface area contributed by atoms with Gasteiger partial charge < -0.3 is 10.1 Å². The molecule has 0 unspecified atom stereocenters. The maximum Gasteiger partial charge on any atom is 0.338 e. The molecule has 0 atom stereocenters. The predicted octanol–water partition coefficient (Wildman–Crippen LogP) is 4.61. The molecule has 0 saturated heterocycles. The van der Waals surface area contributed by atoms with E-state index in [1.54, 1.807) is 25.1 Å². The van der Waals surface area contributed by atoms with Crippen molar-refractivity contribution < 1.29 is 19.1 Å². The standard InChI is InChI=1S/C19H13Cl3N2O4/c1-2-28-19(27)10-6-8-11(9-7-10)23-16-15(22)17(25)24(18(16)26)13-5-3-4-12(20)14(13)21/h3-9,23H,2H2,1H3. The van der Waals surface area contributed by atoms with Gasteiger partial charge in [-0.15, -0.1) is 0 Å². The van der Waals surface area contributed by atoms with Gasteiger partial charge in [0.05, 0.1) is 27.9 Å². The molecule has 1 aliphatic rings. The molecule has 1 N–H and O–H groups in total. The van der Waals surface area contributed by atoms with E-state index in [0.29, 0.717) is 11.3 Å². The van der Waals surface area contributed by atoms with Crippen LogP contribution in [0.15, 0.2) is 53.2 Å². The number of carbonyl (C=O) groups excluding carboxylic acids is 3. The number of halogens is 3. The molecule has 2 amide bonds. The van der Waals surface area contributed by atoms with Crippen molar-refractivity contribution in [3.05, 3.63) is 68.8 Å². The highest BCUT2D eigenvalue weighted by Gasteiger charge is 2.40. The molecular weight excluding hydrogens is 427 g/mol. The van der Waals surface area contributed by atoms with E-state index < -0.39 is 17.8 Å². The van der Waals surface area contributed by atoms with Crippen LogP contribution in [0.2, 0.25) is 10.0 Å². The number of benzene rings is 2. The van der Waals surface area contributed by atoms with Gasteiger partial charge in [-0.3, -0.25) is 9.59 Å². The molecule has 2 aromatic rings. The zero-order valence-electron chi connectivity index (χ0n) is 14.5. The van der Waals surface area contributed by atoms with E-state index in [4.69, 9.17) is 39.5 Å². The third-order valence-electron chi connectivity index (χ3n) is 3.86. The van der Waals surface area contributed by atoms with Crippen molar-refractivity contribution in [1.82, 2.24) is 0 Å². The number of nitrogens with zero attached hydrogens (tertiary/aromatic N) is 1. The van der Waals surface area contributed by atoms with Gasteiger partial charge in [0, 0.05) is 5.69 Å². The molecule has 0 aromatic heterocycles. The number of nitrogens with one attached hydrogen (secondary N) is 1. The van der Waals surface area contributed by atoms with Gasteiger partial charge >= 0.3 is 5.97 Å². The van der Waals surface area contributed by atoms with E-state index in [-0.39, 0.29) is 33.1 Å². The topological polar surface area (TPSA) is 75.7 Å². The summed E-state index contributed by atoms with van der Waals surface area (Å²) in [5.74, 6) is -1.85. The van der Waals surface area contributed by atoms with E-state index >= 15 is 0 Å². The second kappa shape index (κ2) is 8.22. The lowest BCUT2D eigenvalue weighted by atomic mass is 10.2. The minimum absolute atomic E-state index is 0.0652. The Morgan fingerprint density at radius 3 is 2.36 bits per heavy atom. The number of anilines is 2. The molecule has 1 aliphatic heterocycles. The Labute approximate surface area is 175 Å². The van der Waals surface area contributed by atoms with Crippen LogP contribution in [-0.4, -0.2) is 24.4 Å². The first-order valence-corrected chi connectivity index (χ1v) is 9.25. The molecule has 0 radical (unpaired) electrons. The zero-order chi connectivity index (χ0) is 20.4. The number of carbonyl (C=O) groups is 3. The summed E-state index contributed by atoms with van der Waals surface area (Å²) >= 11 is 18.2. The van der Waals surface area contributed by atoms with Crippen LogP contribution in [0.1, 0.15) is 17.3 Å². The monoisotopic (exact) mass is 438 g/mol. The average molecular weight is 440 g/mol. The lowest BCUT2D eigenvalue weighted by molar-refractivity contribution is -0.120. The summed E-state index contributed by atoms with van der Waals surface area (Å²) in [6.07, 6.45) is 0. The Kier molecular flexibility index (Phi) is 5.93. The number of amides is 2. The Morgan fingerprint density at radius 2 is 1.71 bits per heavy atom. The van der Waals surface area contributed by atoms with Gasteiger partial charge in [0.1, 0.15) is 10.7 Å². The number of hydrogen-bond donors (Lipinski definition) is 1. The highest BCUT2D eigenvalue weighted by molar-refractivity contribution is 6.54. The van der Waals surface area contributed by atoms with Crippen LogP contribution in [0.25, 0.3) is 0 Å². The highest BCUT2D eigenvalue weighted by atomic mass is 35.5. The SMILES string of the molecule is CCOC(=O)c1ccc(NC2=C(Cl)C(=O)N(c3cccc(Cl)c3Cl)C2=O)cc1. The first-order valence-electron chi connectivity index (χ1n) is 8.12. The molecule has 0 spiro atoms. The molecule has 0 saturated carbocycles. The minimum Gasteiger partial charge on any atom is -0.462 e. The predicted molar refractivity (Wildman–Crippen MR) is 108 cm³/mol. The molecule has 0 bridgehead atoms. The molecule has 28 heavy (non-hydrogen) atoms. The molecular formula is C19H13Cl3N2O4. The third-order valence-corrected chi connectivity index (χ3v) is 5.02. The number of hydrogen-bond acceptors (Lipinski definition) is 5. The van der Waals surface area contributed by atoms with Crippen molar-refractivity contribution in [3.8, 4) is 0 Å². The molecule has 3 rings (SSSR count). The molecule has 9 heteroatoms. The van der Waals surface area contributed by atoms with Gasteiger partial charge in [0.25, 0.3) is 11.8 Å². The number of rotatable bonds is 5.